The summed E-state index contributed by atoms with van der Waals surface area (Å²) >= 11 is 7.67. The summed E-state index contributed by atoms with van der Waals surface area (Å²) in [5.74, 6) is 0.300. The number of halogens is 2. The number of Topliss-reactive ketones (excluding diaryl/α,β-unsaturated/α-hetero) is 1. The topological polar surface area (TPSA) is 17.1 Å². The van der Waals surface area contributed by atoms with E-state index in [2.05, 4.69) is 68.3 Å². The minimum absolute atomic E-state index is 0.0849. The second-order valence-corrected chi connectivity index (χ2v) is 9.88. The third-order valence-electron chi connectivity index (χ3n) is 5.30. The van der Waals surface area contributed by atoms with Crippen molar-refractivity contribution in [1.29, 1.82) is 0 Å². The minimum atomic E-state index is -0.558. The van der Waals surface area contributed by atoms with Gasteiger partial charge in [-0.05, 0) is 21.9 Å². The van der Waals surface area contributed by atoms with Crippen LogP contribution in [0.4, 0.5) is 0 Å². The van der Waals surface area contributed by atoms with Gasteiger partial charge in [0.05, 0.1) is 5.41 Å². The summed E-state index contributed by atoms with van der Waals surface area (Å²) in [4.78, 5) is 13.4. The van der Waals surface area contributed by atoms with Crippen molar-refractivity contribution in [2.24, 2.45) is 0 Å². The van der Waals surface area contributed by atoms with Gasteiger partial charge >= 0.3 is 0 Å². The van der Waals surface area contributed by atoms with Crippen LogP contribution in [0.3, 0.4) is 0 Å². The van der Waals surface area contributed by atoms with Crippen molar-refractivity contribution in [1.82, 2.24) is 0 Å². The van der Waals surface area contributed by atoms with Crippen LogP contribution in [-0.2, 0) is 5.41 Å². The highest BCUT2D eigenvalue weighted by Crippen LogP contribution is 2.79. The molecule has 0 aromatic heterocycles. The van der Waals surface area contributed by atoms with E-state index in [-0.39, 0.29) is 11.7 Å². The maximum atomic E-state index is 13.4. The average molecular weight is 428 g/mol. The molecule has 2 aliphatic carbocycles. The number of rotatable bonds is 1. The fraction of sp³-hybridized carbons (Fsp3) is 0.150. The third kappa shape index (κ3) is 1.46. The molecule has 0 amide bonds. The van der Waals surface area contributed by atoms with E-state index in [1.807, 2.05) is 30.3 Å². The molecule has 1 spiro atoms. The Morgan fingerprint density at radius 2 is 1.52 bits per heavy atom. The summed E-state index contributed by atoms with van der Waals surface area (Å²) in [6.07, 6.45) is 0. The first-order chi connectivity index (χ1) is 11.1. The maximum absolute atomic E-state index is 13.4. The van der Waals surface area contributed by atoms with Gasteiger partial charge in [-0.25, -0.2) is 0 Å². The lowest BCUT2D eigenvalue weighted by Gasteiger charge is -2.11. The first-order valence-corrected chi connectivity index (χ1v) is 9.18. The largest absolute Gasteiger partial charge is 0.293 e. The fourth-order valence-corrected chi connectivity index (χ4v) is 6.55. The van der Waals surface area contributed by atoms with E-state index in [0.29, 0.717) is 0 Å². The zero-order valence-electron chi connectivity index (χ0n) is 12.1. The van der Waals surface area contributed by atoms with E-state index in [1.54, 1.807) is 0 Å². The van der Waals surface area contributed by atoms with Crippen molar-refractivity contribution < 1.29 is 4.79 Å². The van der Waals surface area contributed by atoms with Crippen LogP contribution >= 0.6 is 31.9 Å². The molecule has 0 saturated heterocycles. The normalized spacial score (nSPS) is 26.9. The second kappa shape index (κ2) is 4.34. The van der Waals surface area contributed by atoms with Crippen molar-refractivity contribution in [3.8, 4) is 0 Å². The number of ketones is 1. The lowest BCUT2D eigenvalue weighted by molar-refractivity contribution is 0.0952. The number of hydrogen-bond acceptors (Lipinski definition) is 1. The van der Waals surface area contributed by atoms with Gasteiger partial charge in [0, 0.05) is 11.5 Å². The molecule has 0 heterocycles. The number of fused-ring (bicyclic) bond motifs is 1. The van der Waals surface area contributed by atoms with E-state index in [9.17, 15) is 4.79 Å². The standard InChI is InChI=1S/C20H12Br2O/c21-20(22)17(13-6-2-1-3-7-13)19(20)15-11-5-9-12-8-4-10-14(16(12)15)18(19)23/h1-11,17H/t17-,19+/m1/s1. The highest BCUT2D eigenvalue weighted by atomic mass is 79.9. The Bertz CT molecular complexity index is 972. The zero-order chi connectivity index (χ0) is 15.8. The van der Waals surface area contributed by atoms with Crippen molar-refractivity contribution in [2.75, 3.05) is 0 Å². The van der Waals surface area contributed by atoms with E-state index in [1.165, 1.54) is 5.56 Å². The van der Waals surface area contributed by atoms with Crippen molar-refractivity contribution in [3.05, 3.63) is 83.4 Å². The molecular weight excluding hydrogens is 416 g/mol. The van der Waals surface area contributed by atoms with Crippen LogP contribution in [0.2, 0.25) is 0 Å². The molecule has 3 heteroatoms. The van der Waals surface area contributed by atoms with E-state index in [4.69, 9.17) is 0 Å². The highest BCUT2D eigenvalue weighted by molar-refractivity contribution is 9.25. The molecule has 2 aliphatic rings. The Labute approximate surface area is 151 Å². The number of benzene rings is 3. The van der Waals surface area contributed by atoms with Crippen molar-refractivity contribution in [2.45, 2.75) is 14.6 Å². The molecule has 0 aliphatic heterocycles. The summed E-state index contributed by atoms with van der Waals surface area (Å²) < 4.78 is -0.432. The summed E-state index contributed by atoms with van der Waals surface area (Å²) in [6.45, 7) is 0. The second-order valence-electron chi connectivity index (χ2n) is 6.31. The number of alkyl halides is 2. The molecule has 3 aromatic rings. The van der Waals surface area contributed by atoms with Gasteiger partial charge in [0.2, 0.25) is 0 Å². The zero-order valence-corrected chi connectivity index (χ0v) is 15.3. The average Bonchev–Trinajstić information content (AvgIpc) is 2.99. The van der Waals surface area contributed by atoms with E-state index >= 15 is 0 Å². The SMILES string of the molecule is O=C1c2cccc3cccc(c23)[C@]12[C@@H](c1ccccc1)C2(Br)Br. The van der Waals surface area contributed by atoms with Crippen molar-refractivity contribution in [3.63, 3.8) is 0 Å². The van der Waals surface area contributed by atoms with Gasteiger partial charge in [0.1, 0.15) is 3.23 Å². The van der Waals surface area contributed by atoms with Crippen LogP contribution in [0.15, 0.2) is 66.7 Å². The summed E-state index contributed by atoms with van der Waals surface area (Å²) in [5.41, 5.74) is 2.61. The molecule has 112 valence electrons. The number of carbonyl (C=O) groups is 1. The predicted octanol–water partition coefficient (Wildman–Crippen LogP) is 5.56. The smallest absolute Gasteiger partial charge is 0.177 e. The molecule has 1 saturated carbocycles. The lowest BCUT2D eigenvalue weighted by Crippen LogP contribution is -2.21. The Hall–Kier alpha value is -1.45. The Balaban J connectivity index is 1.83. The molecule has 1 nitrogen and oxygen atoms in total. The molecule has 5 rings (SSSR count). The van der Waals surface area contributed by atoms with Crippen LogP contribution in [-0.4, -0.2) is 9.02 Å². The van der Waals surface area contributed by atoms with E-state index < -0.39 is 8.65 Å². The Morgan fingerprint density at radius 3 is 2.26 bits per heavy atom. The van der Waals surface area contributed by atoms with Gasteiger partial charge < -0.3 is 0 Å². The predicted molar refractivity (Wildman–Crippen MR) is 99.7 cm³/mol. The molecule has 0 unspecified atom stereocenters. The molecule has 2 atom stereocenters. The fourth-order valence-electron chi connectivity index (χ4n) is 4.32. The number of carbonyl (C=O) groups excluding carboxylic acids is 1. The van der Waals surface area contributed by atoms with Gasteiger partial charge in [-0.2, -0.15) is 0 Å². The summed E-state index contributed by atoms with van der Waals surface area (Å²) in [6, 6.07) is 22.5. The lowest BCUT2D eigenvalue weighted by atomic mass is 9.90. The molecule has 23 heavy (non-hydrogen) atoms. The molecular formula is C20H12Br2O. The molecule has 0 radical (unpaired) electrons. The van der Waals surface area contributed by atoms with Crippen molar-refractivity contribution >= 4 is 48.4 Å². The van der Waals surface area contributed by atoms with Crippen LogP contribution < -0.4 is 0 Å². The monoisotopic (exact) mass is 426 g/mol. The van der Waals surface area contributed by atoms with Crippen LogP contribution in [0.1, 0.15) is 27.4 Å². The van der Waals surface area contributed by atoms with Gasteiger partial charge in [0.15, 0.2) is 5.78 Å². The van der Waals surface area contributed by atoms with Gasteiger partial charge in [-0.3, -0.25) is 4.79 Å². The third-order valence-corrected chi connectivity index (χ3v) is 7.47. The van der Waals surface area contributed by atoms with Crippen LogP contribution in [0.25, 0.3) is 10.8 Å². The highest BCUT2D eigenvalue weighted by Gasteiger charge is 2.81. The first kappa shape index (κ1) is 13.9. The minimum Gasteiger partial charge on any atom is -0.293 e. The maximum Gasteiger partial charge on any atom is 0.177 e. The van der Waals surface area contributed by atoms with Gasteiger partial charge in [-0.1, -0.05) is 98.6 Å². The number of hydrogen-bond donors (Lipinski definition) is 0. The summed E-state index contributed by atoms with van der Waals surface area (Å²) in [5, 5.41) is 2.25. The van der Waals surface area contributed by atoms with Crippen LogP contribution in [0.5, 0.6) is 0 Å². The Kier molecular flexibility index (Phi) is 2.63. The van der Waals surface area contributed by atoms with Crippen LogP contribution in [0, 0.1) is 0 Å². The summed E-state index contributed by atoms with van der Waals surface area (Å²) in [7, 11) is 0. The van der Waals surface area contributed by atoms with Gasteiger partial charge in [-0.15, -0.1) is 0 Å². The first-order valence-electron chi connectivity index (χ1n) is 7.60. The van der Waals surface area contributed by atoms with Gasteiger partial charge in [0.25, 0.3) is 0 Å². The van der Waals surface area contributed by atoms with E-state index in [0.717, 1.165) is 21.9 Å². The molecule has 1 fully saturated rings. The Morgan fingerprint density at radius 1 is 0.826 bits per heavy atom. The molecule has 0 N–H and O–H groups in total. The molecule has 3 aromatic carbocycles. The molecule has 0 bridgehead atoms. The quantitative estimate of drug-likeness (QED) is 0.465.